The number of H-pyrrole nitrogens is 2. The predicted molar refractivity (Wildman–Crippen MR) is 183 cm³/mol. The van der Waals surface area contributed by atoms with Crippen molar-refractivity contribution in [3.63, 3.8) is 0 Å². The zero-order valence-corrected chi connectivity index (χ0v) is 28.8. The van der Waals surface area contributed by atoms with E-state index in [1.54, 1.807) is 13.8 Å². The van der Waals surface area contributed by atoms with Crippen LogP contribution >= 0.6 is 0 Å². The molecule has 0 saturated heterocycles. The second-order valence-electron chi connectivity index (χ2n) is 13.0. The highest BCUT2D eigenvalue weighted by Crippen LogP contribution is 2.33. The highest BCUT2D eigenvalue weighted by Gasteiger charge is 2.27. The number of aliphatic imine (C=N–C) groups is 1. The smallest absolute Gasteiger partial charge is 0.307 e. The molecule has 0 aromatic carbocycles. The molecule has 0 unspecified atom stereocenters. The van der Waals surface area contributed by atoms with Crippen molar-refractivity contribution in [1.82, 2.24) is 15.3 Å². The van der Waals surface area contributed by atoms with Crippen molar-refractivity contribution in [2.75, 3.05) is 0 Å². The Labute approximate surface area is 275 Å². The van der Waals surface area contributed by atoms with E-state index in [9.17, 15) is 29.4 Å². The number of hydrogen-bond acceptors (Lipinski definition) is 4. The SMILES string of the molecule is CCC1=C(C)C(=O)N=C1/C=c1\[nH]/c(=C\c2[nH]c(/C=C3\NC(=O)C(C)=C3CC)c(C)c2[C@@H](C)CC(=O)O)c(C[C@@H](C(=O)O)C(C)C)c1C. The fourth-order valence-corrected chi connectivity index (χ4v) is 6.73. The number of aromatic amines is 2. The number of nitrogens with zero attached hydrogens (tertiary/aromatic N) is 1. The molecule has 2 aromatic rings. The van der Waals surface area contributed by atoms with Crippen LogP contribution in [0, 0.1) is 25.7 Å². The first-order valence-electron chi connectivity index (χ1n) is 16.2. The maximum atomic E-state index is 12.5. The van der Waals surface area contributed by atoms with Crippen molar-refractivity contribution < 1.29 is 29.4 Å². The van der Waals surface area contributed by atoms with Gasteiger partial charge in [0, 0.05) is 38.9 Å². The van der Waals surface area contributed by atoms with E-state index in [4.69, 9.17) is 0 Å². The molecule has 4 heterocycles. The highest BCUT2D eigenvalue weighted by atomic mass is 16.4. The predicted octanol–water partition coefficient (Wildman–Crippen LogP) is 4.95. The molecule has 2 aromatic heterocycles. The van der Waals surface area contributed by atoms with E-state index in [1.807, 2.05) is 66.7 Å². The van der Waals surface area contributed by atoms with Gasteiger partial charge in [0.2, 0.25) is 0 Å². The molecule has 0 bridgehead atoms. The molecule has 0 fully saturated rings. The van der Waals surface area contributed by atoms with Crippen molar-refractivity contribution in [3.8, 4) is 0 Å². The van der Waals surface area contributed by atoms with Crippen molar-refractivity contribution in [2.45, 2.75) is 93.9 Å². The third-order valence-electron chi connectivity index (χ3n) is 9.57. The fraction of sp³-hybridized carbons (Fsp3) is 0.432. The largest absolute Gasteiger partial charge is 0.481 e. The summed E-state index contributed by atoms with van der Waals surface area (Å²) >= 11 is 0. The van der Waals surface area contributed by atoms with Gasteiger partial charge in [-0.05, 0) is 110 Å². The molecule has 10 heteroatoms. The Morgan fingerprint density at radius 1 is 0.830 bits per heavy atom. The number of nitrogens with one attached hydrogen (secondary N) is 3. The number of aromatic nitrogens is 2. The van der Waals surface area contributed by atoms with Gasteiger partial charge in [0.1, 0.15) is 0 Å². The number of aliphatic carboxylic acids is 2. The molecule has 5 N–H and O–H groups in total. The molecule has 2 aliphatic heterocycles. The van der Waals surface area contributed by atoms with E-state index in [0.29, 0.717) is 46.4 Å². The lowest BCUT2D eigenvalue weighted by molar-refractivity contribution is -0.143. The van der Waals surface area contributed by atoms with E-state index in [2.05, 4.69) is 20.3 Å². The minimum Gasteiger partial charge on any atom is -0.481 e. The number of hydrogen-bond donors (Lipinski definition) is 5. The maximum absolute atomic E-state index is 12.5. The Morgan fingerprint density at radius 3 is 2.06 bits per heavy atom. The summed E-state index contributed by atoms with van der Waals surface area (Å²) in [5, 5.41) is 24.1. The fourth-order valence-electron chi connectivity index (χ4n) is 6.73. The summed E-state index contributed by atoms with van der Waals surface area (Å²) < 4.78 is 0. The Kier molecular flexibility index (Phi) is 10.4. The standard InChI is InChI=1S/C37H46N4O6/c1-10-23-20(7)35(44)40-29(23)14-27-19(6)26(13-25(17(3)4)37(46)47)31(38-27)16-32-34(18(5)12-33(42)43)22(9)28(39-32)15-30-24(11-2)21(8)36(45)41-30/h14-18,25,38-39H,10-13H2,1-9H3,(H,41,45)(H,42,43)(H,46,47)/b27-14-,30-15-,31-16-/t18-,25+/m0/s1. The van der Waals surface area contributed by atoms with Crippen molar-refractivity contribution in [1.29, 1.82) is 0 Å². The quantitative estimate of drug-likeness (QED) is 0.220. The molecule has 0 aliphatic carbocycles. The lowest BCUT2D eigenvalue weighted by atomic mass is 9.88. The van der Waals surface area contributed by atoms with Crippen LogP contribution < -0.4 is 16.0 Å². The lowest BCUT2D eigenvalue weighted by Gasteiger charge is -2.16. The van der Waals surface area contributed by atoms with Crippen LogP contribution in [-0.2, 0) is 25.6 Å². The van der Waals surface area contributed by atoms with Gasteiger partial charge in [0.15, 0.2) is 0 Å². The third-order valence-corrected chi connectivity index (χ3v) is 9.57. The molecule has 0 radical (unpaired) electrons. The maximum Gasteiger partial charge on any atom is 0.307 e. The molecular formula is C37H46N4O6. The van der Waals surface area contributed by atoms with Crippen LogP contribution in [0.5, 0.6) is 0 Å². The van der Waals surface area contributed by atoms with Gasteiger partial charge in [-0.25, -0.2) is 4.99 Å². The number of carboxylic acids is 2. The van der Waals surface area contributed by atoms with Crippen molar-refractivity contribution in [3.05, 3.63) is 72.3 Å². The number of amides is 2. The van der Waals surface area contributed by atoms with Crippen molar-refractivity contribution >= 4 is 47.7 Å². The lowest BCUT2D eigenvalue weighted by Crippen LogP contribution is -2.25. The van der Waals surface area contributed by atoms with Crippen LogP contribution in [0.4, 0.5) is 0 Å². The molecule has 250 valence electrons. The second-order valence-corrected chi connectivity index (χ2v) is 13.0. The Morgan fingerprint density at radius 2 is 1.49 bits per heavy atom. The van der Waals surface area contributed by atoms with E-state index in [0.717, 1.165) is 44.4 Å². The van der Waals surface area contributed by atoms with Crippen LogP contribution in [0.2, 0.25) is 0 Å². The van der Waals surface area contributed by atoms with Crippen LogP contribution in [-0.4, -0.2) is 49.6 Å². The summed E-state index contributed by atoms with van der Waals surface area (Å²) in [5.74, 6) is -3.33. The molecule has 2 aliphatic rings. The monoisotopic (exact) mass is 642 g/mol. The Balaban J connectivity index is 2.00. The average molecular weight is 643 g/mol. The van der Waals surface area contributed by atoms with Gasteiger partial charge in [-0.1, -0.05) is 34.6 Å². The Bertz CT molecular complexity index is 1910. The average Bonchev–Trinajstić information content (AvgIpc) is 3.63. The summed E-state index contributed by atoms with van der Waals surface area (Å²) in [5.41, 5.74) is 9.18. The highest BCUT2D eigenvalue weighted by molar-refractivity contribution is 6.30. The molecule has 10 nitrogen and oxygen atoms in total. The zero-order valence-electron chi connectivity index (χ0n) is 28.8. The van der Waals surface area contributed by atoms with Gasteiger partial charge in [0.25, 0.3) is 11.8 Å². The van der Waals surface area contributed by atoms with Crippen LogP contribution in [0.1, 0.15) is 107 Å². The topological polar surface area (TPSA) is 165 Å². The normalized spacial score (nSPS) is 18.3. The summed E-state index contributed by atoms with van der Waals surface area (Å²) in [6.07, 6.45) is 7.16. The number of rotatable bonds is 12. The van der Waals surface area contributed by atoms with E-state index in [-0.39, 0.29) is 36.5 Å². The number of carbonyl (C=O) groups is 4. The van der Waals surface area contributed by atoms with Crippen LogP contribution in [0.25, 0.3) is 18.2 Å². The van der Waals surface area contributed by atoms with Gasteiger partial charge in [-0.2, -0.15) is 0 Å². The second kappa shape index (κ2) is 13.9. The number of allylic oxidation sites excluding steroid dienone is 2. The zero-order chi connectivity index (χ0) is 34.9. The molecule has 4 rings (SSSR count). The first-order chi connectivity index (χ1) is 22.1. The molecule has 47 heavy (non-hydrogen) atoms. The van der Waals surface area contributed by atoms with Gasteiger partial charge in [-0.3, -0.25) is 19.2 Å². The first kappa shape index (κ1) is 35.1. The van der Waals surface area contributed by atoms with Gasteiger partial charge >= 0.3 is 11.9 Å². The summed E-state index contributed by atoms with van der Waals surface area (Å²) in [7, 11) is 0. The van der Waals surface area contributed by atoms with Crippen LogP contribution in [0.3, 0.4) is 0 Å². The summed E-state index contributed by atoms with van der Waals surface area (Å²) in [4.78, 5) is 60.3. The van der Waals surface area contributed by atoms with E-state index in [1.165, 1.54) is 0 Å². The summed E-state index contributed by atoms with van der Waals surface area (Å²) in [6, 6.07) is 0. The molecule has 2 atom stereocenters. The first-order valence-corrected chi connectivity index (χ1v) is 16.2. The van der Waals surface area contributed by atoms with Gasteiger partial charge in [-0.15, -0.1) is 0 Å². The molecule has 0 spiro atoms. The minimum absolute atomic E-state index is 0.0884. The van der Waals surface area contributed by atoms with E-state index < -0.39 is 17.9 Å². The van der Waals surface area contributed by atoms with E-state index >= 15 is 0 Å². The minimum atomic E-state index is -0.921. The third kappa shape index (κ3) is 7.01. The number of carbonyl (C=O) groups excluding carboxylic acids is 2. The van der Waals surface area contributed by atoms with Crippen LogP contribution in [0.15, 0.2) is 33.0 Å². The number of carboxylic acid groups (broad SMARTS) is 2. The molecule has 0 saturated carbocycles. The molecular weight excluding hydrogens is 596 g/mol. The van der Waals surface area contributed by atoms with Gasteiger partial charge in [0.05, 0.1) is 18.1 Å². The Hall–Kier alpha value is -4.73. The molecule has 2 amide bonds. The summed E-state index contributed by atoms with van der Waals surface area (Å²) in [6.45, 7) is 17.1. The van der Waals surface area contributed by atoms with Crippen molar-refractivity contribution in [2.24, 2.45) is 16.8 Å². The van der Waals surface area contributed by atoms with Gasteiger partial charge < -0.3 is 25.5 Å².